The Hall–Kier alpha value is -3.44. The Morgan fingerprint density at radius 1 is 1.40 bits per heavy atom. The molecule has 3 N–H and O–H groups in total. The predicted molar refractivity (Wildman–Crippen MR) is 94.5 cm³/mol. The Morgan fingerprint density at radius 3 is 2.96 bits per heavy atom. The van der Waals surface area contributed by atoms with Crippen LogP contribution in [0.5, 0.6) is 5.75 Å². The summed E-state index contributed by atoms with van der Waals surface area (Å²) in [5.74, 6) is 0.613. The predicted octanol–water partition coefficient (Wildman–Crippen LogP) is 1.85. The zero-order chi connectivity index (χ0) is 17.6. The number of H-pyrrole nitrogens is 1. The number of hydrogen-bond donors (Lipinski definition) is 2. The summed E-state index contributed by atoms with van der Waals surface area (Å²) in [5, 5.41) is 11.8. The average Bonchev–Trinajstić information content (AvgIpc) is 3.09. The van der Waals surface area contributed by atoms with E-state index in [1.54, 1.807) is 22.7 Å². The van der Waals surface area contributed by atoms with E-state index >= 15 is 0 Å². The molecule has 7 nitrogen and oxygen atoms in total. The number of nitrogen functional groups attached to an aromatic ring is 1. The summed E-state index contributed by atoms with van der Waals surface area (Å²) >= 11 is 1.38. The van der Waals surface area contributed by atoms with Gasteiger partial charge in [-0.25, -0.2) is 4.98 Å². The van der Waals surface area contributed by atoms with Gasteiger partial charge in [0.1, 0.15) is 22.8 Å². The van der Waals surface area contributed by atoms with Crippen LogP contribution in [0, 0.1) is 11.3 Å². The van der Waals surface area contributed by atoms with Crippen LogP contribution in [0.4, 0.5) is 5.82 Å². The van der Waals surface area contributed by atoms with Crippen LogP contribution in [0.3, 0.4) is 0 Å². The molecule has 0 unspecified atom stereocenters. The molecule has 0 bridgehead atoms. The largest absolute Gasteiger partial charge is 0.496 e. The first-order valence-corrected chi connectivity index (χ1v) is 8.21. The Kier molecular flexibility index (Phi) is 3.37. The molecule has 1 aromatic carbocycles. The summed E-state index contributed by atoms with van der Waals surface area (Å²) in [7, 11) is 1.54. The first-order chi connectivity index (χ1) is 12.2. The molecule has 0 fully saturated rings. The van der Waals surface area contributed by atoms with Crippen molar-refractivity contribution in [2.75, 3.05) is 12.8 Å². The van der Waals surface area contributed by atoms with Crippen molar-refractivity contribution in [2.45, 2.75) is 0 Å². The number of thiazole rings is 1. The minimum absolute atomic E-state index is 0.0708. The molecule has 3 aromatic heterocycles. The molecule has 0 spiro atoms. The number of nitrogens with one attached hydrogen (secondary N) is 1. The first kappa shape index (κ1) is 15.1. The topological polar surface area (TPSA) is 109 Å². The van der Waals surface area contributed by atoms with Gasteiger partial charge in [-0.05, 0) is 6.07 Å². The second-order valence-corrected chi connectivity index (χ2v) is 6.18. The maximum Gasteiger partial charge on any atom is 0.319 e. The zero-order valence-corrected chi connectivity index (χ0v) is 13.9. The molecule has 0 radical (unpaired) electrons. The third-order valence-corrected chi connectivity index (χ3v) is 4.76. The van der Waals surface area contributed by atoms with Crippen molar-refractivity contribution in [2.24, 2.45) is 0 Å². The van der Waals surface area contributed by atoms with E-state index in [0.29, 0.717) is 32.9 Å². The molecule has 0 aliphatic rings. The van der Waals surface area contributed by atoms with Crippen LogP contribution in [-0.4, -0.2) is 17.1 Å². The van der Waals surface area contributed by atoms with Gasteiger partial charge < -0.3 is 10.5 Å². The summed E-state index contributed by atoms with van der Waals surface area (Å²) in [5.41, 5.74) is 7.29. The van der Waals surface area contributed by atoms with Crippen LogP contribution in [0.25, 0.3) is 27.1 Å². The second kappa shape index (κ2) is 5.58. The van der Waals surface area contributed by atoms with Gasteiger partial charge in [0.05, 0.1) is 13.3 Å². The molecule has 0 aliphatic heterocycles. The van der Waals surface area contributed by atoms with Gasteiger partial charge in [0.15, 0.2) is 0 Å². The van der Waals surface area contributed by atoms with E-state index in [4.69, 9.17) is 10.5 Å². The van der Waals surface area contributed by atoms with E-state index in [9.17, 15) is 10.1 Å². The Morgan fingerprint density at radius 2 is 2.20 bits per heavy atom. The lowest BCUT2D eigenvalue weighted by atomic mass is 9.97. The number of fused-ring (bicyclic) bond motifs is 3. The minimum atomic E-state index is -0.331. The third-order valence-electron chi connectivity index (χ3n) is 3.98. The molecular weight excluding hydrogens is 338 g/mol. The van der Waals surface area contributed by atoms with E-state index in [1.165, 1.54) is 18.4 Å². The Labute approximate surface area is 145 Å². The monoisotopic (exact) mass is 350 g/mol. The quantitative estimate of drug-likeness (QED) is 0.536. The maximum atomic E-state index is 12.8. The Bertz CT molecular complexity index is 1240. The fourth-order valence-corrected chi connectivity index (χ4v) is 3.63. The lowest BCUT2D eigenvalue weighted by Crippen LogP contribution is -2.28. The van der Waals surface area contributed by atoms with Gasteiger partial charge in [-0.3, -0.25) is 4.79 Å². The summed E-state index contributed by atoms with van der Waals surface area (Å²) in [6, 6.07) is 9.26. The van der Waals surface area contributed by atoms with Gasteiger partial charge in [-0.1, -0.05) is 34.5 Å². The van der Waals surface area contributed by atoms with Gasteiger partial charge in [0.25, 0.3) is 10.6 Å². The number of nitriles is 1. The van der Waals surface area contributed by atoms with Crippen molar-refractivity contribution in [1.82, 2.24) is 9.97 Å². The number of ether oxygens (including phenoxy) is 1. The van der Waals surface area contributed by atoms with Crippen LogP contribution in [0.2, 0.25) is 0 Å². The molecule has 4 rings (SSSR count). The maximum absolute atomic E-state index is 12.8. The molecule has 122 valence electrons. The van der Waals surface area contributed by atoms with E-state index < -0.39 is 0 Å². The summed E-state index contributed by atoms with van der Waals surface area (Å²) in [4.78, 5) is 20.5. The number of methoxy groups -OCH3 is 1. The number of para-hydroxylation sites is 1. The molecule has 25 heavy (non-hydrogen) atoms. The van der Waals surface area contributed by atoms with E-state index in [1.807, 2.05) is 17.5 Å². The molecule has 8 heteroatoms. The molecule has 0 saturated heterocycles. The highest BCUT2D eigenvalue weighted by Crippen LogP contribution is 2.36. The van der Waals surface area contributed by atoms with Gasteiger partial charge in [0.2, 0.25) is 5.82 Å². The molecule has 0 amide bonds. The SMILES string of the molecule is COc1ccccc1-c1c(C#N)c(N)nc2c1c(=O)[nH]c1scc[n+]12. The summed E-state index contributed by atoms with van der Waals surface area (Å²) in [6.07, 6.45) is 1.79. The van der Waals surface area contributed by atoms with Crippen molar-refractivity contribution < 1.29 is 9.14 Å². The van der Waals surface area contributed by atoms with Crippen molar-refractivity contribution in [3.63, 3.8) is 0 Å². The lowest BCUT2D eigenvalue weighted by molar-refractivity contribution is -0.482. The van der Waals surface area contributed by atoms with Crippen molar-refractivity contribution >= 4 is 33.1 Å². The van der Waals surface area contributed by atoms with Crippen LogP contribution >= 0.6 is 11.3 Å². The first-order valence-electron chi connectivity index (χ1n) is 7.33. The highest BCUT2D eigenvalue weighted by molar-refractivity contribution is 7.14. The summed E-state index contributed by atoms with van der Waals surface area (Å²) in [6.45, 7) is 0. The number of benzene rings is 1. The van der Waals surface area contributed by atoms with Crippen molar-refractivity contribution in [3.05, 3.63) is 51.8 Å². The second-order valence-electron chi connectivity index (χ2n) is 5.29. The number of nitrogens with two attached hydrogens (primary N) is 1. The van der Waals surface area contributed by atoms with Gasteiger partial charge in [-0.2, -0.15) is 9.66 Å². The number of anilines is 1. The standard InChI is InChI=1S/C17H11N5O2S/c1-24-11-5-3-2-4-9(11)12-10(8-18)14(19)20-15-13(12)16(23)21-17-22(15)6-7-25-17/h2-7H,1H3,(H2,19,20,23)/p+1. The van der Waals surface area contributed by atoms with Gasteiger partial charge in [0, 0.05) is 16.5 Å². The fraction of sp³-hybridized carbons (Fsp3) is 0.0588. The van der Waals surface area contributed by atoms with E-state index in [-0.39, 0.29) is 16.9 Å². The molecule has 0 atom stereocenters. The smallest absolute Gasteiger partial charge is 0.319 e. The molecular formula is C17H12N5O2S+. The van der Waals surface area contributed by atoms with Crippen LogP contribution in [0.15, 0.2) is 40.6 Å². The number of nitrogens with zero attached hydrogens (tertiary/aromatic N) is 3. The molecule has 4 aromatic rings. The number of hydrogen-bond acceptors (Lipinski definition) is 6. The number of aromatic amines is 1. The number of aromatic nitrogens is 3. The highest BCUT2D eigenvalue weighted by Gasteiger charge is 2.26. The van der Waals surface area contributed by atoms with Gasteiger partial charge in [-0.15, -0.1) is 0 Å². The highest BCUT2D eigenvalue weighted by atomic mass is 32.1. The minimum Gasteiger partial charge on any atom is -0.496 e. The third kappa shape index (κ3) is 2.14. The molecule has 3 heterocycles. The van der Waals surface area contributed by atoms with Gasteiger partial charge >= 0.3 is 5.56 Å². The fourth-order valence-electron chi connectivity index (χ4n) is 2.91. The van der Waals surface area contributed by atoms with E-state index in [0.717, 1.165) is 0 Å². The Balaban J connectivity index is 2.30. The van der Waals surface area contributed by atoms with Crippen LogP contribution in [0.1, 0.15) is 5.56 Å². The number of rotatable bonds is 2. The normalized spacial score (nSPS) is 10.9. The van der Waals surface area contributed by atoms with Crippen molar-refractivity contribution in [1.29, 1.82) is 5.26 Å². The van der Waals surface area contributed by atoms with E-state index in [2.05, 4.69) is 16.0 Å². The van der Waals surface area contributed by atoms with Crippen LogP contribution in [-0.2, 0) is 0 Å². The van der Waals surface area contributed by atoms with Crippen LogP contribution < -0.4 is 20.4 Å². The summed E-state index contributed by atoms with van der Waals surface area (Å²) < 4.78 is 7.16. The average molecular weight is 350 g/mol. The van der Waals surface area contributed by atoms with Crippen molar-refractivity contribution in [3.8, 4) is 22.9 Å². The zero-order valence-electron chi connectivity index (χ0n) is 13.1. The number of pyridine rings is 1. The lowest BCUT2D eigenvalue weighted by Gasteiger charge is -2.11. The molecule has 0 aliphatic carbocycles. The molecule has 0 saturated carbocycles.